The predicted octanol–water partition coefficient (Wildman–Crippen LogP) is 2.13. The summed E-state index contributed by atoms with van der Waals surface area (Å²) < 4.78 is 0. The Morgan fingerprint density at radius 1 is 1.33 bits per heavy atom. The van der Waals surface area contributed by atoms with Gasteiger partial charge in [-0.05, 0) is 31.1 Å². The summed E-state index contributed by atoms with van der Waals surface area (Å²) in [7, 11) is 0. The standard InChI is InChI=1S/C14H28N2O2/c1-9-6-5-7-13(11(9)3)16-14(18)15-12(4)10(2)8-17/h9-13,17H,5-8H2,1-4H3,(H2,15,16,18). The van der Waals surface area contributed by atoms with Crippen molar-refractivity contribution in [2.75, 3.05) is 6.61 Å². The molecule has 1 aliphatic carbocycles. The highest BCUT2D eigenvalue weighted by Crippen LogP contribution is 2.29. The Labute approximate surface area is 111 Å². The summed E-state index contributed by atoms with van der Waals surface area (Å²) in [5.74, 6) is 1.30. The van der Waals surface area contributed by atoms with Crippen molar-refractivity contribution in [3.05, 3.63) is 0 Å². The second kappa shape index (κ2) is 6.98. The number of hydrogen-bond donors (Lipinski definition) is 3. The van der Waals surface area contributed by atoms with E-state index in [-0.39, 0.29) is 30.6 Å². The van der Waals surface area contributed by atoms with E-state index in [1.54, 1.807) is 0 Å². The van der Waals surface area contributed by atoms with E-state index in [2.05, 4.69) is 24.5 Å². The molecule has 0 aliphatic heterocycles. The molecule has 18 heavy (non-hydrogen) atoms. The van der Waals surface area contributed by atoms with Crippen molar-refractivity contribution in [2.24, 2.45) is 17.8 Å². The summed E-state index contributed by atoms with van der Waals surface area (Å²) in [6.45, 7) is 8.42. The summed E-state index contributed by atoms with van der Waals surface area (Å²) in [5.41, 5.74) is 0. The van der Waals surface area contributed by atoms with Crippen LogP contribution in [0.5, 0.6) is 0 Å². The van der Waals surface area contributed by atoms with Crippen molar-refractivity contribution in [1.82, 2.24) is 10.6 Å². The monoisotopic (exact) mass is 256 g/mol. The fourth-order valence-electron chi connectivity index (χ4n) is 2.50. The average Bonchev–Trinajstić information content (AvgIpc) is 2.33. The topological polar surface area (TPSA) is 61.4 Å². The first-order chi connectivity index (χ1) is 8.45. The van der Waals surface area contributed by atoms with E-state index >= 15 is 0 Å². The van der Waals surface area contributed by atoms with Crippen LogP contribution in [0.3, 0.4) is 0 Å². The molecule has 106 valence electrons. The molecule has 0 bridgehead atoms. The van der Waals surface area contributed by atoms with Gasteiger partial charge in [0, 0.05) is 18.7 Å². The van der Waals surface area contributed by atoms with Gasteiger partial charge in [0.2, 0.25) is 0 Å². The molecular weight excluding hydrogens is 228 g/mol. The number of aliphatic hydroxyl groups excluding tert-OH is 1. The van der Waals surface area contributed by atoms with Gasteiger partial charge in [-0.3, -0.25) is 0 Å². The highest BCUT2D eigenvalue weighted by Gasteiger charge is 2.28. The number of carbonyl (C=O) groups excluding carboxylic acids is 1. The maximum Gasteiger partial charge on any atom is 0.315 e. The lowest BCUT2D eigenvalue weighted by Crippen LogP contribution is -2.51. The van der Waals surface area contributed by atoms with Gasteiger partial charge in [-0.2, -0.15) is 0 Å². The highest BCUT2D eigenvalue weighted by atomic mass is 16.3. The maximum atomic E-state index is 11.9. The van der Waals surface area contributed by atoms with Crippen molar-refractivity contribution in [3.8, 4) is 0 Å². The second-order valence-corrected chi connectivity index (χ2v) is 5.94. The molecule has 5 unspecified atom stereocenters. The number of hydrogen-bond acceptors (Lipinski definition) is 2. The Hall–Kier alpha value is -0.770. The number of rotatable bonds is 4. The minimum atomic E-state index is -0.103. The van der Waals surface area contributed by atoms with Crippen LogP contribution in [0, 0.1) is 17.8 Å². The zero-order chi connectivity index (χ0) is 13.7. The van der Waals surface area contributed by atoms with Crippen LogP contribution in [-0.2, 0) is 0 Å². The molecule has 0 aromatic heterocycles. The third kappa shape index (κ3) is 4.16. The van der Waals surface area contributed by atoms with Crippen molar-refractivity contribution in [3.63, 3.8) is 0 Å². The molecular formula is C14H28N2O2. The smallest absolute Gasteiger partial charge is 0.315 e. The van der Waals surface area contributed by atoms with E-state index in [0.29, 0.717) is 11.8 Å². The van der Waals surface area contributed by atoms with E-state index in [4.69, 9.17) is 5.11 Å². The molecule has 1 rings (SSSR count). The van der Waals surface area contributed by atoms with Gasteiger partial charge in [-0.1, -0.05) is 33.6 Å². The molecule has 0 saturated heterocycles. The van der Waals surface area contributed by atoms with Crippen LogP contribution in [-0.4, -0.2) is 29.8 Å². The SMILES string of the molecule is CC(CO)C(C)NC(=O)NC1CCCC(C)C1C. The third-order valence-corrected chi connectivity index (χ3v) is 4.52. The third-order valence-electron chi connectivity index (χ3n) is 4.52. The van der Waals surface area contributed by atoms with Gasteiger partial charge < -0.3 is 15.7 Å². The Bertz CT molecular complexity index is 271. The number of amides is 2. The van der Waals surface area contributed by atoms with Crippen LogP contribution in [0.25, 0.3) is 0 Å². The Morgan fingerprint density at radius 2 is 2.00 bits per heavy atom. The van der Waals surface area contributed by atoms with Crippen molar-refractivity contribution in [1.29, 1.82) is 0 Å². The highest BCUT2D eigenvalue weighted by molar-refractivity contribution is 5.74. The van der Waals surface area contributed by atoms with Gasteiger partial charge >= 0.3 is 6.03 Å². The van der Waals surface area contributed by atoms with Gasteiger partial charge in [0.05, 0.1) is 0 Å². The minimum absolute atomic E-state index is 0.00804. The van der Waals surface area contributed by atoms with Gasteiger partial charge in [0.25, 0.3) is 0 Å². The van der Waals surface area contributed by atoms with Gasteiger partial charge in [0.15, 0.2) is 0 Å². The molecule has 0 aromatic rings. The summed E-state index contributed by atoms with van der Waals surface area (Å²) in [5, 5.41) is 15.0. The molecule has 1 fully saturated rings. The summed E-state index contributed by atoms with van der Waals surface area (Å²) in [4.78, 5) is 11.9. The summed E-state index contributed by atoms with van der Waals surface area (Å²) in [6, 6.07) is 0.172. The van der Waals surface area contributed by atoms with Gasteiger partial charge in [-0.15, -0.1) is 0 Å². The van der Waals surface area contributed by atoms with Crippen LogP contribution in [0.1, 0.15) is 47.0 Å². The molecule has 0 aromatic carbocycles. The van der Waals surface area contributed by atoms with E-state index in [1.165, 1.54) is 12.8 Å². The number of nitrogens with one attached hydrogen (secondary N) is 2. The molecule has 4 nitrogen and oxygen atoms in total. The average molecular weight is 256 g/mol. The molecule has 1 aliphatic rings. The van der Waals surface area contributed by atoms with Crippen LogP contribution >= 0.6 is 0 Å². The van der Waals surface area contributed by atoms with E-state index in [0.717, 1.165) is 6.42 Å². The van der Waals surface area contributed by atoms with Gasteiger partial charge in [-0.25, -0.2) is 4.79 Å². The lowest BCUT2D eigenvalue weighted by Gasteiger charge is -2.35. The van der Waals surface area contributed by atoms with Crippen molar-refractivity contribution in [2.45, 2.75) is 59.0 Å². The fourth-order valence-corrected chi connectivity index (χ4v) is 2.50. The Morgan fingerprint density at radius 3 is 2.61 bits per heavy atom. The molecule has 0 spiro atoms. The molecule has 4 heteroatoms. The van der Waals surface area contributed by atoms with Crippen molar-refractivity contribution < 1.29 is 9.90 Å². The zero-order valence-corrected chi connectivity index (χ0v) is 12.1. The zero-order valence-electron chi connectivity index (χ0n) is 12.1. The molecule has 0 heterocycles. The first-order valence-corrected chi connectivity index (χ1v) is 7.13. The number of aliphatic hydroxyl groups is 1. The normalized spacial score (nSPS) is 31.5. The van der Waals surface area contributed by atoms with E-state index in [1.807, 2.05) is 13.8 Å². The lowest BCUT2D eigenvalue weighted by atomic mass is 9.78. The first kappa shape index (κ1) is 15.3. The molecule has 0 radical (unpaired) electrons. The summed E-state index contributed by atoms with van der Waals surface area (Å²) >= 11 is 0. The molecule has 1 saturated carbocycles. The minimum Gasteiger partial charge on any atom is -0.396 e. The number of carbonyl (C=O) groups is 1. The van der Waals surface area contributed by atoms with Crippen molar-refractivity contribution >= 4 is 6.03 Å². The molecule has 2 amide bonds. The lowest BCUT2D eigenvalue weighted by molar-refractivity contribution is 0.182. The summed E-state index contributed by atoms with van der Waals surface area (Å²) in [6.07, 6.45) is 3.53. The van der Waals surface area contributed by atoms with Crippen LogP contribution < -0.4 is 10.6 Å². The number of urea groups is 1. The largest absolute Gasteiger partial charge is 0.396 e. The van der Waals surface area contributed by atoms with Crippen LogP contribution in [0.2, 0.25) is 0 Å². The van der Waals surface area contributed by atoms with Crippen LogP contribution in [0.15, 0.2) is 0 Å². The van der Waals surface area contributed by atoms with E-state index in [9.17, 15) is 4.79 Å². The first-order valence-electron chi connectivity index (χ1n) is 7.13. The quantitative estimate of drug-likeness (QED) is 0.721. The Kier molecular flexibility index (Phi) is 5.93. The molecule has 3 N–H and O–H groups in total. The maximum absolute atomic E-state index is 11.9. The van der Waals surface area contributed by atoms with Gasteiger partial charge in [0.1, 0.15) is 0 Å². The fraction of sp³-hybridized carbons (Fsp3) is 0.929. The second-order valence-electron chi connectivity index (χ2n) is 5.94. The van der Waals surface area contributed by atoms with Crippen LogP contribution in [0.4, 0.5) is 4.79 Å². The molecule has 5 atom stereocenters. The van der Waals surface area contributed by atoms with E-state index < -0.39 is 0 Å². The Balaban J connectivity index is 2.39. The predicted molar refractivity (Wildman–Crippen MR) is 73.3 cm³/mol.